The summed E-state index contributed by atoms with van der Waals surface area (Å²) in [6.45, 7) is 3.79. The molecule has 0 heterocycles. The van der Waals surface area contributed by atoms with Crippen molar-refractivity contribution in [3.8, 4) is 0 Å². The van der Waals surface area contributed by atoms with E-state index in [0.29, 0.717) is 6.54 Å². The van der Waals surface area contributed by atoms with Crippen LogP contribution < -0.4 is 10.6 Å². The molecule has 3 N–H and O–H groups in total. The fourth-order valence-corrected chi connectivity index (χ4v) is 2.26. The van der Waals surface area contributed by atoms with Gasteiger partial charge in [0, 0.05) is 6.54 Å². The van der Waals surface area contributed by atoms with Gasteiger partial charge in [0.25, 0.3) is 0 Å². The van der Waals surface area contributed by atoms with E-state index in [0.717, 1.165) is 19.3 Å². The van der Waals surface area contributed by atoms with Gasteiger partial charge in [-0.3, -0.25) is 4.79 Å². The monoisotopic (exact) mass is 286 g/mol. The number of nitrogens with one attached hydrogen (secondary N) is 2. The Labute approximate surface area is 118 Å². The van der Waals surface area contributed by atoms with E-state index in [4.69, 9.17) is 9.84 Å². The van der Waals surface area contributed by atoms with Crippen molar-refractivity contribution in [2.75, 3.05) is 13.2 Å². The van der Waals surface area contributed by atoms with Gasteiger partial charge in [-0.15, -0.1) is 0 Å². The molecule has 1 fully saturated rings. The maximum absolute atomic E-state index is 11.7. The number of amides is 2. The number of carboxylic acids is 1. The summed E-state index contributed by atoms with van der Waals surface area (Å²) in [5, 5.41) is 14.0. The maximum atomic E-state index is 11.7. The van der Waals surface area contributed by atoms with Gasteiger partial charge < -0.3 is 20.5 Å². The molecule has 0 aliphatic heterocycles. The fraction of sp³-hybridized carbons (Fsp3) is 0.769. The molecule has 1 aliphatic rings. The highest BCUT2D eigenvalue weighted by atomic mass is 16.5. The molecule has 1 atom stereocenters. The van der Waals surface area contributed by atoms with Gasteiger partial charge in [0.2, 0.25) is 0 Å². The van der Waals surface area contributed by atoms with Crippen molar-refractivity contribution in [2.45, 2.75) is 45.6 Å². The Kier molecular flexibility index (Phi) is 5.79. The molecule has 2 amide bonds. The minimum atomic E-state index is -0.855. The Bertz CT molecular complexity index is 379. The Morgan fingerprint density at radius 2 is 2.00 bits per heavy atom. The van der Waals surface area contributed by atoms with Gasteiger partial charge in [0.15, 0.2) is 0 Å². The largest absolute Gasteiger partial charge is 0.481 e. The quantitative estimate of drug-likeness (QED) is 0.603. The first kappa shape index (κ1) is 16.3. The molecule has 0 bridgehead atoms. The summed E-state index contributed by atoms with van der Waals surface area (Å²) < 4.78 is 4.78. The molecule has 1 unspecified atom stereocenters. The van der Waals surface area contributed by atoms with Crippen LogP contribution in [0.4, 0.5) is 4.79 Å². The summed E-state index contributed by atoms with van der Waals surface area (Å²) in [5.41, 5.74) is -0.337. The third-order valence-corrected chi connectivity index (χ3v) is 3.55. The Morgan fingerprint density at radius 1 is 1.35 bits per heavy atom. The van der Waals surface area contributed by atoms with Crippen LogP contribution in [0.15, 0.2) is 0 Å². The normalized spacial score (nSPS) is 17.5. The second kappa shape index (κ2) is 7.12. The van der Waals surface area contributed by atoms with Crippen molar-refractivity contribution in [3.05, 3.63) is 0 Å². The summed E-state index contributed by atoms with van der Waals surface area (Å²) >= 11 is 0. The van der Waals surface area contributed by atoms with E-state index >= 15 is 0 Å². The molecule has 7 nitrogen and oxygen atoms in total. The van der Waals surface area contributed by atoms with Gasteiger partial charge in [-0.25, -0.2) is 9.59 Å². The van der Waals surface area contributed by atoms with E-state index < -0.39 is 24.0 Å². The molecule has 20 heavy (non-hydrogen) atoms. The van der Waals surface area contributed by atoms with Crippen LogP contribution in [-0.4, -0.2) is 42.3 Å². The molecule has 0 saturated heterocycles. The van der Waals surface area contributed by atoms with Crippen LogP contribution in [0.5, 0.6) is 0 Å². The molecule has 114 valence electrons. The summed E-state index contributed by atoms with van der Waals surface area (Å²) in [7, 11) is 0. The molecular weight excluding hydrogens is 264 g/mol. The first-order chi connectivity index (χ1) is 9.38. The number of esters is 1. The van der Waals surface area contributed by atoms with Gasteiger partial charge in [-0.2, -0.15) is 0 Å². The second-order valence-corrected chi connectivity index (χ2v) is 5.22. The number of hydrogen-bond donors (Lipinski definition) is 3. The van der Waals surface area contributed by atoms with Crippen LogP contribution in [0.1, 0.15) is 39.5 Å². The Morgan fingerprint density at radius 3 is 2.45 bits per heavy atom. The SMILES string of the molecule is CCOC(=O)C(C)NC(=O)NCC1(CC(=O)O)CCC1. The second-order valence-electron chi connectivity index (χ2n) is 5.22. The summed E-state index contributed by atoms with van der Waals surface area (Å²) in [6, 6.07) is -1.21. The van der Waals surface area contributed by atoms with Crippen LogP contribution in [0.2, 0.25) is 0 Å². The van der Waals surface area contributed by atoms with Gasteiger partial charge in [-0.1, -0.05) is 6.42 Å². The van der Waals surface area contributed by atoms with E-state index in [1.165, 1.54) is 6.92 Å². The third-order valence-electron chi connectivity index (χ3n) is 3.55. The van der Waals surface area contributed by atoms with E-state index in [-0.39, 0.29) is 18.4 Å². The number of hydrogen-bond acceptors (Lipinski definition) is 4. The zero-order chi connectivity index (χ0) is 15.2. The summed E-state index contributed by atoms with van der Waals surface area (Å²) in [6.07, 6.45) is 2.64. The fourth-order valence-electron chi connectivity index (χ4n) is 2.26. The summed E-state index contributed by atoms with van der Waals surface area (Å²) in [4.78, 5) is 33.8. The average molecular weight is 286 g/mol. The van der Waals surface area contributed by atoms with Gasteiger partial charge in [-0.05, 0) is 32.1 Å². The lowest BCUT2D eigenvalue weighted by molar-refractivity contribution is -0.145. The van der Waals surface area contributed by atoms with Crippen LogP contribution in [0.25, 0.3) is 0 Å². The van der Waals surface area contributed by atoms with Crippen molar-refractivity contribution < 1.29 is 24.2 Å². The molecule has 1 rings (SSSR count). The molecular formula is C13H22N2O5. The van der Waals surface area contributed by atoms with Crippen molar-refractivity contribution in [3.63, 3.8) is 0 Å². The first-order valence-corrected chi connectivity index (χ1v) is 6.81. The van der Waals surface area contributed by atoms with E-state index in [9.17, 15) is 14.4 Å². The molecule has 1 saturated carbocycles. The smallest absolute Gasteiger partial charge is 0.328 e. The van der Waals surface area contributed by atoms with Crippen LogP contribution in [0.3, 0.4) is 0 Å². The minimum Gasteiger partial charge on any atom is -0.481 e. The van der Waals surface area contributed by atoms with Crippen molar-refractivity contribution in [2.24, 2.45) is 5.41 Å². The zero-order valence-corrected chi connectivity index (χ0v) is 11.9. The Hall–Kier alpha value is -1.79. The highest BCUT2D eigenvalue weighted by Crippen LogP contribution is 2.43. The number of carbonyl (C=O) groups is 3. The lowest BCUT2D eigenvalue weighted by atomic mass is 9.66. The van der Waals surface area contributed by atoms with Crippen LogP contribution in [-0.2, 0) is 14.3 Å². The van der Waals surface area contributed by atoms with Gasteiger partial charge >= 0.3 is 18.0 Å². The highest BCUT2D eigenvalue weighted by Gasteiger charge is 2.39. The number of aliphatic carboxylic acids is 1. The predicted molar refractivity (Wildman–Crippen MR) is 71.2 cm³/mol. The molecule has 0 aromatic rings. The maximum Gasteiger partial charge on any atom is 0.328 e. The lowest BCUT2D eigenvalue weighted by Gasteiger charge is -2.40. The van der Waals surface area contributed by atoms with Crippen LogP contribution >= 0.6 is 0 Å². The summed E-state index contributed by atoms with van der Waals surface area (Å²) in [5.74, 6) is -1.35. The molecule has 7 heteroatoms. The highest BCUT2D eigenvalue weighted by molar-refractivity contribution is 5.83. The molecule has 0 radical (unpaired) electrons. The molecule has 0 spiro atoms. The number of carbonyl (C=O) groups excluding carboxylic acids is 2. The minimum absolute atomic E-state index is 0.0563. The zero-order valence-electron chi connectivity index (χ0n) is 11.9. The third kappa shape index (κ3) is 4.71. The standard InChI is InChI=1S/C13H22N2O5/c1-3-20-11(18)9(2)15-12(19)14-8-13(5-4-6-13)7-10(16)17/h9H,3-8H2,1-2H3,(H,16,17)(H2,14,15,19). The Balaban J connectivity index is 2.35. The number of urea groups is 1. The number of carboxylic acid groups (broad SMARTS) is 1. The first-order valence-electron chi connectivity index (χ1n) is 6.81. The molecule has 0 aromatic heterocycles. The van der Waals surface area contributed by atoms with Crippen molar-refractivity contribution in [1.82, 2.24) is 10.6 Å². The van der Waals surface area contributed by atoms with Crippen molar-refractivity contribution >= 4 is 18.0 Å². The van der Waals surface area contributed by atoms with Crippen molar-refractivity contribution in [1.29, 1.82) is 0 Å². The predicted octanol–water partition coefficient (Wildman–Crippen LogP) is 0.882. The van der Waals surface area contributed by atoms with E-state index in [2.05, 4.69) is 10.6 Å². The molecule has 1 aliphatic carbocycles. The van der Waals surface area contributed by atoms with E-state index in [1.807, 2.05) is 0 Å². The molecule has 0 aromatic carbocycles. The van der Waals surface area contributed by atoms with E-state index in [1.54, 1.807) is 6.92 Å². The van der Waals surface area contributed by atoms with Gasteiger partial charge in [0.1, 0.15) is 6.04 Å². The number of ether oxygens (including phenoxy) is 1. The lowest BCUT2D eigenvalue weighted by Crippen LogP contribution is -2.50. The average Bonchev–Trinajstić information content (AvgIpc) is 2.32. The number of rotatable bonds is 7. The van der Waals surface area contributed by atoms with Crippen LogP contribution in [0, 0.1) is 5.41 Å². The topological polar surface area (TPSA) is 105 Å². The van der Waals surface area contributed by atoms with Gasteiger partial charge in [0.05, 0.1) is 13.0 Å².